The van der Waals surface area contributed by atoms with Crippen LogP contribution in [0.4, 0.5) is 0 Å². The lowest BCUT2D eigenvalue weighted by Crippen LogP contribution is -1.83. The molecule has 0 heterocycles. The van der Waals surface area contributed by atoms with Gasteiger partial charge < -0.3 is 0 Å². The van der Waals surface area contributed by atoms with E-state index in [1.807, 2.05) is 11.8 Å². The smallest absolute Gasteiger partial charge is 0.145 e. The van der Waals surface area contributed by atoms with E-state index >= 15 is 0 Å². The number of benzene rings is 1. The summed E-state index contributed by atoms with van der Waals surface area (Å²) < 4.78 is 0. The predicted octanol–water partition coefficient (Wildman–Crippen LogP) is 3.25. The third-order valence-corrected chi connectivity index (χ3v) is 2.87. The van der Waals surface area contributed by atoms with E-state index in [-0.39, 0.29) is 0 Å². The Kier molecular flexibility index (Phi) is 3.86. The maximum Gasteiger partial charge on any atom is 0.259 e. The molecule has 12 heavy (non-hydrogen) atoms. The van der Waals surface area contributed by atoms with E-state index in [9.17, 15) is 0 Å². The van der Waals surface area contributed by atoms with Crippen molar-refractivity contribution >= 4 is 35.7 Å². The molecule has 64 valence electrons. The molecule has 0 fully saturated rings. The summed E-state index contributed by atoms with van der Waals surface area (Å²) in [5.74, 6) is 0. The zero-order valence-electron chi connectivity index (χ0n) is 6.80. The van der Waals surface area contributed by atoms with Gasteiger partial charge in [0.25, 0.3) is 7.42 Å². The lowest BCUT2D eigenvalue weighted by molar-refractivity contribution is 1.46. The van der Waals surface area contributed by atoms with Crippen molar-refractivity contribution in [3.05, 3.63) is 41.1 Å². The molecule has 3 heteroatoms. The van der Waals surface area contributed by atoms with E-state index in [4.69, 9.17) is 22.2 Å². The Balaban J connectivity index is 2.71. The summed E-state index contributed by atoms with van der Waals surface area (Å²) in [6, 6.07) is 8.24. The summed E-state index contributed by atoms with van der Waals surface area (Å²) in [6.07, 6.45) is 1.97. The maximum absolute atomic E-state index is 5.68. The Morgan fingerprint density at radius 3 is 2.25 bits per heavy atom. The van der Waals surface area contributed by atoms with Crippen molar-refractivity contribution < 1.29 is 0 Å². The molecule has 0 bridgehead atoms. The summed E-state index contributed by atoms with van der Waals surface area (Å²) in [5.41, 5.74) is 4.30. The highest BCUT2D eigenvalue weighted by molar-refractivity contribution is 7.36. The van der Waals surface area contributed by atoms with E-state index in [1.165, 1.54) is 5.56 Å². The molecule has 0 saturated carbocycles. The Bertz CT molecular complexity index is 264. The summed E-state index contributed by atoms with van der Waals surface area (Å²) >= 11 is 11.4. The molecule has 1 aromatic rings. The van der Waals surface area contributed by atoms with Gasteiger partial charge in [-0.2, -0.15) is 0 Å². The van der Waals surface area contributed by atoms with Gasteiger partial charge in [-0.1, -0.05) is 41.6 Å². The van der Waals surface area contributed by atoms with Crippen LogP contribution in [0.1, 0.15) is 11.1 Å². The van der Waals surface area contributed by atoms with Gasteiger partial charge in [-0.15, -0.1) is 22.2 Å². The molecule has 0 saturated heterocycles. The summed E-state index contributed by atoms with van der Waals surface area (Å²) in [4.78, 5) is 0. The second kappa shape index (κ2) is 4.70. The topological polar surface area (TPSA) is 0 Å². The van der Waals surface area contributed by atoms with Crippen LogP contribution >= 0.6 is 22.2 Å². The van der Waals surface area contributed by atoms with Gasteiger partial charge in [-0.25, -0.2) is 0 Å². The normalized spacial score (nSPS) is 11.3. The Hall–Kier alpha value is -0.243. The van der Waals surface area contributed by atoms with E-state index in [1.54, 1.807) is 0 Å². The van der Waals surface area contributed by atoms with Crippen LogP contribution in [-0.4, -0.2) is 7.42 Å². The summed E-state index contributed by atoms with van der Waals surface area (Å²) in [6.45, 7) is 2.06. The van der Waals surface area contributed by atoms with Crippen molar-refractivity contribution in [3.8, 4) is 0 Å². The molecule has 0 aliphatic rings. The van der Waals surface area contributed by atoms with Crippen LogP contribution in [0.5, 0.6) is 0 Å². The first-order valence-electron chi connectivity index (χ1n) is 3.71. The van der Waals surface area contributed by atoms with Crippen molar-refractivity contribution in [1.82, 2.24) is 0 Å². The summed E-state index contributed by atoms with van der Waals surface area (Å²) in [7, 11) is -1.59. The van der Waals surface area contributed by atoms with Gasteiger partial charge >= 0.3 is 0 Å². The van der Waals surface area contributed by atoms with Crippen LogP contribution < -0.4 is 0 Å². The first-order chi connectivity index (χ1) is 5.68. The maximum atomic E-state index is 5.68. The fourth-order valence-corrected chi connectivity index (χ4v) is 1.67. The van der Waals surface area contributed by atoms with Crippen LogP contribution in [-0.2, 0) is 0 Å². The largest absolute Gasteiger partial charge is 0.259 e. The van der Waals surface area contributed by atoms with E-state index < -0.39 is 7.42 Å². The van der Waals surface area contributed by atoms with Crippen molar-refractivity contribution in [2.24, 2.45) is 0 Å². The minimum absolute atomic E-state index is 1.15. The molecule has 0 spiro atoms. The van der Waals surface area contributed by atoms with Gasteiger partial charge in [0.1, 0.15) is 0 Å². The van der Waals surface area contributed by atoms with E-state index in [0.29, 0.717) is 0 Å². The SMILES string of the molecule is Cc1ccc(C=C[SiH](Cl)Cl)cc1. The number of halogens is 2. The predicted molar refractivity (Wildman–Crippen MR) is 59.1 cm³/mol. The monoisotopic (exact) mass is 216 g/mol. The molecular formula is C9H10Cl2Si. The minimum atomic E-state index is -1.59. The Morgan fingerprint density at radius 1 is 1.17 bits per heavy atom. The highest BCUT2D eigenvalue weighted by atomic mass is 35.7. The van der Waals surface area contributed by atoms with Gasteiger partial charge in [-0.3, -0.25) is 0 Å². The highest BCUT2D eigenvalue weighted by Gasteiger charge is 1.93. The molecular weight excluding hydrogens is 207 g/mol. The highest BCUT2D eigenvalue weighted by Crippen LogP contribution is 2.07. The van der Waals surface area contributed by atoms with Crippen molar-refractivity contribution in [2.45, 2.75) is 6.92 Å². The molecule has 0 N–H and O–H groups in total. The van der Waals surface area contributed by atoms with Gasteiger partial charge in [0.2, 0.25) is 0 Å². The van der Waals surface area contributed by atoms with Crippen LogP contribution in [0.2, 0.25) is 0 Å². The lowest BCUT2D eigenvalue weighted by atomic mass is 10.2. The van der Waals surface area contributed by atoms with Gasteiger partial charge in [0.15, 0.2) is 0 Å². The van der Waals surface area contributed by atoms with E-state index in [0.717, 1.165) is 5.56 Å². The fourth-order valence-electron chi connectivity index (χ4n) is 0.861. The van der Waals surface area contributed by atoms with Crippen LogP contribution in [0, 0.1) is 6.92 Å². The quantitative estimate of drug-likeness (QED) is 0.527. The van der Waals surface area contributed by atoms with Crippen LogP contribution in [0.15, 0.2) is 30.0 Å². The van der Waals surface area contributed by atoms with Gasteiger partial charge in [-0.05, 0) is 12.5 Å². The van der Waals surface area contributed by atoms with Gasteiger partial charge in [0.05, 0.1) is 0 Å². The minimum Gasteiger partial charge on any atom is -0.145 e. The van der Waals surface area contributed by atoms with Crippen molar-refractivity contribution in [2.75, 3.05) is 0 Å². The molecule has 1 aromatic carbocycles. The van der Waals surface area contributed by atoms with Crippen LogP contribution in [0.25, 0.3) is 6.08 Å². The fraction of sp³-hybridized carbons (Fsp3) is 0.111. The van der Waals surface area contributed by atoms with Crippen molar-refractivity contribution in [3.63, 3.8) is 0 Å². The molecule has 1 rings (SSSR count). The second-order valence-electron chi connectivity index (χ2n) is 2.60. The van der Waals surface area contributed by atoms with E-state index in [2.05, 4.69) is 31.2 Å². The molecule has 0 atom stereocenters. The van der Waals surface area contributed by atoms with Crippen LogP contribution in [0.3, 0.4) is 0 Å². The zero-order valence-corrected chi connectivity index (χ0v) is 9.46. The molecule has 0 unspecified atom stereocenters. The summed E-state index contributed by atoms with van der Waals surface area (Å²) in [5, 5.41) is 0. The molecule has 0 nitrogen and oxygen atoms in total. The number of aryl methyl sites for hydroxylation is 1. The Labute approximate surface area is 83.8 Å². The first-order valence-corrected chi connectivity index (χ1v) is 7.87. The molecule has 0 aliphatic carbocycles. The first kappa shape index (κ1) is 9.84. The number of hydrogen-bond acceptors (Lipinski definition) is 0. The van der Waals surface area contributed by atoms with Gasteiger partial charge in [0, 0.05) is 0 Å². The standard InChI is InChI=1S/C9H10Cl2Si/c1-8-2-4-9(5-3-8)6-7-12(10)11/h2-7,12H,1H3. The average molecular weight is 217 g/mol. The Morgan fingerprint density at radius 2 is 1.75 bits per heavy atom. The molecule has 0 aliphatic heterocycles. The molecule has 0 aromatic heterocycles. The third-order valence-electron chi connectivity index (χ3n) is 1.51. The second-order valence-corrected chi connectivity index (χ2v) is 7.15. The lowest BCUT2D eigenvalue weighted by Gasteiger charge is -1.94. The molecule has 0 radical (unpaired) electrons. The number of rotatable bonds is 2. The molecule has 0 amide bonds. The third kappa shape index (κ3) is 3.44. The average Bonchev–Trinajstić information content (AvgIpc) is 2.03. The van der Waals surface area contributed by atoms with Crippen molar-refractivity contribution in [1.29, 1.82) is 0 Å². The zero-order chi connectivity index (χ0) is 8.97. The number of hydrogen-bond donors (Lipinski definition) is 0.